The van der Waals surface area contributed by atoms with Crippen LogP contribution in [0.25, 0.3) is 27.8 Å². The predicted molar refractivity (Wildman–Crippen MR) is 76.0 cm³/mol. The van der Waals surface area contributed by atoms with Crippen molar-refractivity contribution < 1.29 is 0 Å². The fourth-order valence-electron chi connectivity index (χ4n) is 2.22. The third-order valence-corrected chi connectivity index (χ3v) is 3.27. The van der Waals surface area contributed by atoms with E-state index in [-0.39, 0.29) is 11.5 Å². The molecule has 0 fully saturated rings. The molecule has 0 bridgehead atoms. The lowest BCUT2D eigenvalue weighted by atomic mass is 10.3. The Morgan fingerprint density at radius 3 is 3.05 bits per heavy atom. The van der Waals surface area contributed by atoms with Gasteiger partial charge in [0.15, 0.2) is 17.0 Å². The highest BCUT2D eigenvalue weighted by atomic mass is 16.1. The van der Waals surface area contributed by atoms with Crippen molar-refractivity contribution >= 4 is 27.9 Å². The van der Waals surface area contributed by atoms with Gasteiger partial charge in [-0.2, -0.15) is 20.2 Å². The van der Waals surface area contributed by atoms with Crippen molar-refractivity contribution in [2.45, 2.75) is 0 Å². The molecule has 4 rings (SSSR count). The number of rotatable bonds is 1. The van der Waals surface area contributed by atoms with Crippen LogP contribution in [0.5, 0.6) is 0 Å². The van der Waals surface area contributed by atoms with Gasteiger partial charge in [-0.3, -0.25) is 9.89 Å². The third kappa shape index (κ3) is 1.60. The highest BCUT2D eigenvalue weighted by molar-refractivity contribution is 5.84. The van der Waals surface area contributed by atoms with E-state index in [1.165, 1.54) is 9.25 Å². The molecule has 21 heavy (non-hydrogen) atoms. The Morgan fingerprint density at radius 2 is 2.19 bits per heavy atom. The SMILES string of the molecule is Cn1ccc2cn(-c3nc(N)nc4[nH]ncc34)nc2c1=O. The molecule has 9 nitrogen and oxygen atoms in total. The Balaban J connectivity index is 2.07. The van der Waals surface area contributed by atoms with Crippen LogP contribution in [0.4, 0.5) is 5.95 Å². The van der Waals surface area contributed by atoms with E-state index in [1.54, 1.807) is 25.6 Å². The molecule has 0 saturated carbocycles. The largest absolute Gasteiger partial charge is 0.368 e. The molecule has 0 spiro atoms. The molecule has 4 heterocycles. The molecule has 0 aliphatic rings. The first-order valence-electron chi connectivity index (χ1n) is 6.15. The standard InChI is InChI=1S/C12H10N8O/c1-19-3-2-6-5-20(18-8(6)11(19)21)10-7-4-14-17-9(7)15-12(13)16-10/h2-5H,1H3,(H3,13,14,15,16,17). The zero-order chi connectivity index (χ0) is 14.6. The summed E-state index contributed by atoms with van der Waals surface area (Å²) in [5.41, 5.74) is 6.41. The number of anilines is 1. The molecule has 104 valence electrons. The van der Waals surface area contributed by atoms with E-state index >= 15 is 0 Å². The van der Waals surface area contributed by atoms with Crippen molar-refractivity contribution in [3.63, 3.8) is 0 Å². The molecule has 0 amide bonds. The lowest BCUT2D eigenvalue weighted by Crippen LogP contribution is -2.15. The number of pyridine rings is 1. The van der Waals surface area contributed by atoms with E-state index in [4.69, 9.17) is 5.73 Å². The Hall–Kier alpha value is -3.23. The van der Waals surface area contributed by atoms with Gasteiger partial charge in [0.25, 0.3) is 5.56 Å². The molecule has 0 aliphatic heterocycles. The van der Waals surface area contributed by atoms with Gasteiger partial charge in [0.2, 0.25) is 5.95 Å². The molecule has 0 aromatic carbocycles. The topological polar surface area (TPSA) is 120 Å². The van der Waals surface area contributed by atoms with Gasteiger partial charge in [-0.1, -0.05) is 0 Å². The molecule has 0 saturated heterocycles. The second-order valence-electron chi connectivity index (χ2n) is 4.65. The summed E-state index contributed by atoms with van der Waals surface area (Å²) in [5, 5.41) is 12.4. The molecule has 9 heteroatoms. The minimum Gasteiger partial charge on any atom is -0.368 e. The minimum atomic E-state index is -0.170. The van der Waals surface area contributed by atoms with Gasteiger partial charge in [-0.25, -0.2) is 4.68 Å². The van der Waals surface area contributed by atoms with Crippen molar-refractivity contribution in [3.8, 4) is 5.82 Å². The maximum Gasteiger partial charge on any atom is 0.278 e. The monoisotopic (exact) mass is 282 g/mol. The molecule has 4 aromatic heterocycles. The Labute approximate surface area is 117 Å². The van der Waals surface area contributed by atoms with Gasteiger partial charge >= 0.3 is 0 Å². The van der Waals surface area contributed by atoms with Gasteiger partial charge in [0.05, 0.1) is 11.6 Å². The molecule has 0 atom stereocenters. The number of nitrogens with two attached hydrogens (primary N) is 1. The van der Waals surface area contributed by atoms with Crippen LogP contribution in [0, 0.1) is 0 Å². The average molecular weight is 282 g/mol. The van der Waals surface area contributed by atoms with Crippen LogP contribution >= 0.6 is 0 Å². The first kappa shape index (κ1) is 11.6. The summed E-state index contributed by atoms with van der Waals surface area (Å²) in [4.78, 5) is 20.3. The number of fused-ring (bicyclic) bond motifs is 2. The summed E-state index contributed by atoms with van der Waals surface area (Å²) in [6, 6.07) is 1.82. The van der Waals surface area contributed by atoms with Crippen molar-refractivity contribution in [2.75, 3.05) is 5.73 Å². The number of aromatic amines is 1. The summed E-state index contributed by atoms with van der Waals surface area (Å²) in [6.45, 7) is 0. The van der Waals surface area contributed by atoms with Gasteiger partial charge in [0, 0.05) is 24.8 Å². The third-order valence-electron chi connectivity index (χ3n) is 3.27. The van der Waals surface area contributed by atoms with Gasteiger partial charge in [-0.05, 0) is 6.07 Å². The van der Waals surface area contributed by atoms with E-state index in [2.05, 4.69) is 25.3 Å². The molecular formula is C12H10N8O. The minimum absolute atomic E-state index is 0.106. The highest BCUT2D eigenvalue weighted by Gasteiger charge is 2.13. The van der Waals surface area contributed by atoms with Crippen LogP contribution in [0.15, 0.2) is 29.5 Å². The fourth-order valence-corrected chi connectivity index (χ4v) is 2.22. The van der Waals surface area contributed by atoms with Crippen LogP contribution < -0.4 is 11.3 Å². The van der Waals surface area contributed by atoms with Gasteiger partial charge in [0.1, 0.15) is 0 Å². The summed E-state index contributed by atoms with van der Waals surface area (Å²) >= 11 is 0. The van der Waals surface area contributed by atoms with Crippen molar-refractivity contribution in [1.29, 1.82) is 0 Å². The smallest absolute Gasteiger partial charge is 0.278 e. The maximum absolute atomic E-state index is 12.1. The van der Waals surface area contributed by atoms with Gasteiger partial charge < -0.3 is 10.3 Å². The predicted octanol–water partition coefficient (Wildman–Crippen LogP) is -0.0273. The van der Waals surface area contributed by atoms with Crippen molar-refractivity contribution in [1.82, 2.24) is 34.5 Å². The second-order valence-corrected chi connectivity index (χ2v) is 4.65. The van der Waals surface area contributed by atoms with E-state index in [1.807, 2.05) is 6.07 Å². The van der Waals surface area contributed by atoms with Crippen molar-refractivity contribution in [2.24, 2.45) is 7.05 Å². The summed E-state index contributed by atoms with van der Waals surface area (Å²) in [5.74, 6) is 0.582. The van der Waals surface area contributed by atoms with Crippen LogP contribution in [-0.4, -0.2) is 34.5 Å². The number of nitrogens with one attached hydrogen (secondary N) is 1. The average Bonchev–Trinajstić information content (AvgIpc) is 3.08. The lowest BCUT2D eigenvalue weighted by molar-refractivity contribution is 0.843. The van der Waals surface area contributed by atoms with Crippen molar-refractivity contribution in [3.05, 3.63) is 35.0 Å². The molecule has 4 aromatic rings. The van der Waals surface area contributed by atoms with Crippen LogP contribution in [0.1, 0.15) is 0 Å². The number of hydrogen-bond donors (Lipinski definition) is 2. The van der Waals surface area contributed by atoms with Crippen LogP contribution in [-0.2, 0) is 7.05 Å². The fraction of sp³-hybridized carbons (Fsp3) is 0.0833. The Morgan fingerprint density at radius 1 is 1.33 bits per heavy atom. The number of aromatic nitrogens is 7. The number of nitrogens with zero attached hydrogens (tertiary/aromatic N) is 6. The van der Waals surface area contributed by atoms with Gasteiger partial charge in [-0.15, -0.1) is 0 Å². The molecular weight excluding hydrogens is 272 g/mol. The molecule has 0 radical (unpaired) electrons. The van der Waals surface area contributed by atoms with E-state index in [0.29, 0.717) is 22.4 Å². The van der Waals surface area contributed by atoms with E-state index in [9.17, 15) is 4.79 Å². The number of aryl methyl sites for hydroxylation is 1. The normalized spacial score (nSPS) is 11.5. The van der Waals surface area contributed by atoms with Crippen LogP contribution in [0.2, 0.25) is 0 Å². The second kappa shape index (κ2) is 3.88. The maximum atomic E-state index is 12.1. The van der Waals surface area contributed by atoms with E-state index in [0.717, 1.165) is 5.39 Å². The summed E-state index contributed by atoms with van der Waals surface area (Å²) in [7, 11) is 1.68. The summed E-state index contributed by atoms with van der Waals surface area (Å²) < 4.78 is 2.99. The summed E-state index contributed by atoms with van der Waals surface area (Å²) in [6.07, 6.45) is 5.01. The first-order valence-corrected chi connectivity index (χ1v) is 6.15. The molecule has 0 unspecified atom stereocenters. The Kier molecular flexibility index (Phi) is 2.14. The lowest BCUT2D eigenvalue weighted by Gasteiger charge is -2.01. The number of nitrogen functional groups attached to an aromatic ring is 1. The first-order chi connectivity index (χ1) is 10.1. The Bertz CT molecular complexity index is 1040. The zero-order valence-corrected chi connectivity index (χ0v) is 11.0. The van der Waals surface area contributed by atoms with Crippen LogP contribution in [0.3, 0.4) is 0 Å². The van der Waals surface area contributed by atoms with E-state index < -0.39 is 0 Å². The highest BCUT2D eigenvalue weighted by Crippen LogP contribution is 2.19. The molecule has 3 N–H and O–H groups in total. The zero-order valence-electron chi connectivity index (χ0n) is 11.0. The number of hydrogen-bond acceptors (Lipinski definition) is 6. The molecule has 0 aliphatic carbocycles. The quantitative estimate of drug-likeness (QED) is 0.506. The number of H-pyrrole nitrogens is 1.